The molecule has 1 saturated heterocycles. The molecule has 0 radical (unpaired) electrons. The third-order valence-corrected chi connectivity index (χ3v) is 6.76. The Morgan fingerprint density at radius 1 is 1.13 bits per heavy atom. The highest BCUT2D eigenvalue weighted by Gasteiger charge is 2.53. The van der Waals surface area contributed by atoms with E-state index in [0.29, 0.717) is 37.6 Å². The first-order chi connectivity index (χ1) is 15.0. The minimum absolute atomic E-state index is 0.0698. The molecule has 0 atom stereocenters. The van der Waals surface area contributed by atoms with Crippen LogP contribution in [-0.2, 0) is 21.5 Å². The number of imidazole rings is 1. The van der Waals surface area contributed by atoms with Crippen molar-refractivity contribution in [2.45, 2.75) is 38.1 Å². The van der Waals surface area contributed by atoms with Crippen LogP contribution >= 0.6 is 11.6 Å². The zero-order valence-corrected chi connectivity index (χ0v) is 18.3. The maximum Gasteiger partial charge on any atom is 0.233 e. The number of nitrogens with zero attached hydrogens (tertiary/aromatic N) is 4. The van der Waals surface area contributed by atoms with Crippen molar-refractivity contribution in [3.8, 4) is 0 Å². The predicted molar refractivity (Wildman–Crippen MR) is 119 cm³/mol. The van der Waals surface area contributed by atoms with Gasteiger partial charge in [-0.3, -0.25) is 9.59 Å². The lowest BCUT2D eigenvalue weighted by Gasteiger charge is -2.26. The number of benzene rings is 1. The molecule has 6 nitrogen and oxygen atoms in total. The van der Waals surface area contributed by atoms with Crippen LogP contribution in [0.1, 0.15) is 36.1 Å². The second-order valence-electron chi connectivity index (χ2n) is 8.60. The van der Waals surface area contributed by atoms with E-state index in [1.165, 1.54) is 0 Å². The summed E-state index contributed by atoms with van der Waals surface area (Å²) in [6, 6.07) is 11.6. The van der Waals surface area contributed by atoms with Gasteiger partial charge < -0.3 is 14.2 Å². The molecule has 31 heavy (non-hydrogen) atoms. The van der Waals surface area contributed by atoms with Gasteiger partial charge in [0.1, 0.15) is 5.65 Å². The third kappa shape index (κ3) is 3.69. The van der Waals surface area contributed by atoms with Crippen molar-refractivity contribution in [3.05, 3.63) is 70.6 Å². The molecule has 0 unspecified atom stereocenters. The van der Waals surface area contributed by atoms with E-state index in [4.69, 9.17) is 16.6 Å². The number of hydrogen-bond donors (Lipinski definition) is 0. The van der Waals surface area contributed by atoms with Gasteiger partial charge in [-0.2, -0.15) is 0 Å². The van der Waals surface area contributed by atoms with Gasteiger partial charge in [0.25, 0.3) is 0 Å². The first-order valence-electron chi connectivity index (χ1n) is 10.7. The normalized spacial score (nSPS) is 18.3. The van der Waals surface area contributed by atoms with Gasteiger partial charge in [0.15, 0.2) is 0 Å². The molecule has 1 aromatic carbocycles. The average molecular weight is 437 g/mol. The van der Waals surface area contributed by atoms with Crippen molar-refractivity contribution >= 4 is 29.1 Å². The Hall–Kier alpha value is -2.86. The summed E-state index contributed by atoms with van der Waals surface area (Å²) < 4.78 is 1.99. The molecule has 1 aliphatic heterocycles. The average Bonchev–Trinajstić information content (AvgIpc) is 3.49. The van der Waals surface area contributed by atoms with Gasteiger partial charge in [-0.15, -0.1) is 0 Å². The minimum Gasteiger partial charge on any atom is -0.340 e. The summed E-state index contributed by atoms with van der Waals surface area (Å²) in [6.45, 7) is 4.03. The van der Waals surface area contributed by atoms with E-state index < -0.39 is 5.41 Å². The molecule has 5 rings (SSSR count). The molecule has 2 fully saturated rings. The SMILES string of the molecule is Cc1cccn2cc(CN3CCN(C(=O)C4(c5ccc(Cl)cc5)CC4)CCC3=O)nc12. The number of pyridine rings is 1. The molecular weight excluding hydrogens is 412 g/mol. The van der Waals surface area contributed by atoms with Crippen LogP contribution in [0.4, 0.5) is 0 Å². The first kappa shape index (κ1) is 20.1. The number of rotatable bonds is 4. The van der Waals surface area contributed by atoms with Crippen molar-refractivity contribution in [2.75, 3.05) is 19.6 Å². The zero-order chi connectivity index (χ0) is 21.6. The van der Waals surface area contributed by atoms with E-state index >= 15 is 0 Å². The Morgan fingerprint density at radius 2 is 1.90 bits per heavy atom. The zero-order valence-electron chi connectivity index (χ0n) is 17.6. The van der Waals surface area contributed by atoms with Crippen molar-refractivity contribution in [1.29, 1.82) is 0 Å². The number of fused-ring (bicyclic) bond motifs is 1. The molecule has 0 N–H and O–H groups in total. The first-order valence-corrected chi connectivity index (χ1v) is 11.1. The Bertz CT molecular complexity index is 1150. The van der Waals surface area contributed by atoms with Crippen molar-refractivity contribution < 1.29 is 9.59 Å². The van der Waals surface area contributed by atoms with Gasteiger partial charge in [0, 0.05) is 43.5 Å². The molecule has 2 aromatic heterocycles. The van der Waals surface area contributed by atoms with Crippen LogP contribution < -0.4 is 0 Å². The van der Waals surface area contributed by atoms with Crippen LogP contribution in [0.15, 0.2) is 48.8 Å². The Labute approximate surface area is 186 Å². The quantitative estimate of drug-likeness (QED) is 0.628. The number of aryl methyl sites for hydroxylation is 1. The molecule has 160 valence electrons. The summed E-state index contributed by atoms with van der Waals surface area (Å²) in [4.78, 5) is 34.6. The highest BCUT2D eigenvalue weighted by molar-refractivity contribution is 6.30. The monoisotopic (exact) mass is 436 g/mol. The number of amides is 2. The summed E-state index contributed by atoms with van der Waals surface area (Å²) >= 11 is 6.02. The van der Waals surface area contributed by atoms with E-state index in [0.717, 1.165) is 35.3 Å². The standard InChI is InChI=1S/C24H25ClN4O2/c1-17-3-2-11-29-16-20(26-22(17)29)15-28-14-13-27(12-8-21(28)30)23(31)24(9-10-24)18-4-6-19(25)7-5-18/h2-7,11,16H,8-10,12-15H2,1H3. The molecule has 0 spiro atoms. The minimum atomic E-state index is -0.443. The van der Waals surface area contributed by atoms with Crippen LogP contribution in [0.2, 0.25) is 5.02 Å². The fraction of sp³-hybridized carbons (Fsp3) is 0.375. The molecule has 3 heterocycles. The molecule has 3 aromatic rings. The summed E-state index contributed by atoms with van der Waals surface area (Å²) in [5, 5.41) is 0.671. The number of aromatic nitrogens is 2. The summed E-state index contributed by atoms with van der Waals surface area (Å²) in [5.41, 5.74) is 3.46. The van der Waals surface area contributed by atoms with Gasteiger partial charge in [-0.05, 0) is 49.1 Å². The summed E-state index contributed by atoms with van der Waals surface area (Å²) in [6.07, 6.45) is 5.98. The van der Waals surface area contributed by atoms with Crippen LogP contribution in [0, 0.1) is 6.92 Å². The van der Waals surface area contributed by atoms with Crippen molar-refractivity contribution in [2.24, 2.45) is 0 Å². The lowest BCUT2D eigenvalue weighted by molar-refractivity contribution is -0.133. The van der Waals surface area contributed by atoms with E-state index in [-0.39, 0.29) is 11.8 Å². The van der Waals surface area contributed by atoms with Crippen molar-refractivity contribution in [1.82, 2.24) is 19.2 Å². The van der Waals surface area contributed by atoms with E-state index in [1.807, 2.05) is 69.9 Å². The highest BCUT2D eigenvalue weighted by Crippen LogP contribution is 2.49. The molecule has 2 amide bonds. The van der Waals surface area contributed by atoms with Crippen molar-refractivity contribution in [3.63, 3.8) is 0 Å². The second kappa shape index (κ2) is 7.68. The highest BCUT2D eigenvalue weighted by atomic mass is 35.5. The lowest BCUT2D eigenvalue weighted by Crippen LogP contribution is -2.41. The number of halogens is 1. The van der Waals surface area contributed by atoms with E-state index in [2.05, 4.69) is 0 Å². The maximum atomic E-state index is 13.4. The van der Waals surface area contributed by atoms with Gasteiger partial charge in [-0.1, -0.05) is 29.8 Å². The van der Waals surface area contributed by atoms with Crippen LogP contribution in [0.3, 0.4) is 0 Å². The Morgan fingerprint density at radius 3 is 2.61 bits per heavy atom. The van der Waals surface area contributed by atoms with Gasteiger partial charge in [0.2, 0.25) is 11.8 Å². The maximum absolute atomic E-state index is 13.4. The summed E-state index contributed by atoms with van der Waals surface area (Å²) in [5.74, 6) is 0.202. The van der Waals surface area contributed by atoms with Gasteiger partial charge in [0.05, 0.1) is 17.7 Å². The smallest absolute Gasteiger partial charge is 0.233 e. The Balaban J connectivity index is 1.29. The van der Waals surface area contributed by atoms with Gasteiger partial charge >= 0.3 is 0 Å². The van der Waals surface area contributed by atoms with Gasteiger partial charge in [-0.25, -0.2) is 4.98 Å². The largest absolute Gasteiger partial charge is 0.340 e. The third-order valence-electron chi connectivity index (χ3n) is 6.51. The second-order valence-corrected chi connectivity index (χ2v) is 9.04. The van der Waals surface area contributed by atoms with Crippen LogP contribution in [0.25, 0.3) is 5.65 Å². The number of hydrogen-bond acceptors (Lipinski definition) is 3. The number of carbonyl (C=O) groups excluding carboxylic acids is 2. The molecule has 0 bridgehead atoms. The molecule has 1 aliphatic carbocycles. The topological polar surface area (TPSA) is 57.9 Å². The fourth-order valence-electron chi connectivity index (χ4n) is 4.54. The molecule has 1 saturated carbocycles. The van der Waals surface area contributed by atoms with E-state index in [1.54, 1.807) is 0 Å². The fourth-order valence-corrected chi connectivity index (χ4v) is 4.66. The van der Waals surface area contributed by atoms with Crippen LogP contribution in [0.5, 0.6) is 0 Å². The van der Waals surface area contributed by atoms with Crippen LogP contribution in [-0.4, -0.2) is 50.6 Å². The molecule has 7 heteroatoms. The predicted octanol–water partition coefficient (Wildman–Crippen LogP) is 3.59. The molecular formula is C24H25ClN4O2. The number of carbonyl (C=O) groups is 2. The molecule has 2 aliphatic rings. The lowest BCUT2D eigenvalue weighted by atomic mass is 9.94. The summed E-state index contributed by atoms with van der Waals surface area (Å²) in [7, 11) is 0. The Kier molecular flexibility index (Phi) is 4.97. The van der Waals surface area contributed by atoms with E-state index in [9.17, 15) is 9.59 Å².